The van der Waals surface area contributed by atoms with Crippen molar-refractivity contribution in [1.82, 2.24) is 0 Å². The van der Waals surface area contributed by atoms with Gasteiger partial charge in [-0.25, -0.2) is 0 Å². The van der Waals surface area contributed by atoms with Gasteiger partial charge >= 0.3 is 0 Å². The molecule has 1 saturated carbocycles. The Kier molecular flexibility index (Phi) is 24.0. The first-order chi connectivity index (χ1) is 65.8. The number of hydrogen-bond donors (Lipinski definition) is 4. The van der Waals surface area contributed by atoms with Crippen LogP contribution in [0.5, 0.6) is 11.5 Å². The van der Waals surface area contributed by atoms with Crippen LogP contribution in [-0.2, 0) is 112 Å². The maximum atomic E-state index is 13.1. The number of unbranched alkanes of at least 4 members (excludes halogenated alkanes) is 4. The van der Waals surface area contributed by atoms with Crippen LogP contribution in [0.15, 0.2) is 133 Å². The minimum absolute atomic E-state index is 0.00114. The van der Waals surface area contributed by atoms with Gasteiger partial charge in [-0.2, -0.15) is 0 Å². The summed E-state index contributed by atoms with van der Waals surface area (Å²) in [6, 6.07) is 49.6. The van der Waals surface area contributed by atoms with E-state index < -0.39 is 24.0 Å². The van der Waals surface area contributed by atoms with E-state index in [1.165, 1.54) is 115 Å². The fourth-order valence-corrected chi connectivity index (χ4v) is 35.8. The van der Waals surface area contributed by atoms with Gasteiger partial charge in [0, 0.05) is 69.2 Å². The van der Waals surface area contributed by atoms with Gasteiger partial charge in [0.15, 0.2) is 0 Å². The second-order valence-electron chi connectivity index (χ2n) is 57.8. The molecule has 0 aromatic heterocycles. The molecule has 0 radical (unpaired) electrons. The number of anilines is 6. The summed E-state index contributed by atoms with van der Waals surface area (Å²) in [6.07, 6.45) is 20.2. The third-order valence-electron chi connectivity index (χ3n) is 37.8. The lowest BCUT2D eigenvalue weighted by atomic mass is 9.63. The molecule has 19 rings (SSSR count). The van der Waals surface area contributed by atoms with Gasteiger partial charge in [-0.3, -0.25) is 0 Å². The van der Waals surface area contributed by atoms with Crippen molar-refractivity contribution in [3.05, 3.63) is 256 Å². The van der Waals surface area contributed by atoms with E-state index in [0.29, 0.717) is 11.1 Å². The van der Waals surface area contributed by atoms with Crippen molar-refractivity contribution in [2.24, 2.45) is 0 Å². The molecular weight excluding hydrogens is 1730 g/mol. The monoisotopic (exact) mass is 1900 g/mol. The zero-order chi connectivity index (χ0) is 103. The molecule has 10 aromatic carbocycles. The van der Waals surface area contributed by atoms with Crippen molar-refractivity contribution in [3.63, 3.8) is 0 Å². The highest BCUT2D eigenvalue weighted by Gasteiger charge is 2.60. The molecule has 4 N–H and O–H groups in total. The number of phenols is 2. The number of benzene rings is 10. The molecular formula is C136H178N2O4. The van der Waals surface area contributed by atoms with Gasteiger partial charge in [-0.15, -0.1) is 0 Å². The molecule has 0 unspecified atom stereocenters. The van der Waals surface area contributed by atoms with E-state index in [1.807, 2.05) is 24.3 Å². The number of rotatable bonds is 24. The number of nitrogens with zero attached hydrogens (tertiary/aromatic N) is 2. The Hall–Kier alpha value is -8.68. The van der Waals surface area contributed by atoms with Crippen molar-refractivity contribution in [2.75, 3.05) is 9.80 Å². The smallest absolute Gasteiger partial charge is 0.121 e. The van der Waals surface area contributed by atoms with Crippen LogP contribution in [0.25, 0.3) is 44.5 Å². The minimum Gasteiger partial charge on any atom is -0.508 e. The number of phenolic OH excluding ortho intramolecular Hbond substituents is 2. The number of aromatic hydroxyl groups is 2. The van der Waals surface area contributed by atoms with E-state index in [4.69, 9.17) is 0 Å². The van der Waals surface area contributed by atoms with Crippen LogP contribution in [0.2, 0.25) is 0 Å². The summed E-state index contributed by atoms with van der Waals surface area (Å²) in [4.78, 5) is 4.62. The van der Waals surface area contributed by atoms with E-state index in [-0.39, 0.29) is 98.1 Å². The molecule has 10 aromatic rings. The van der Waals surface area contributed by atoms with Gasteiger partial charge in [0.05, 0.1) is 12.2 Å². The Labute approximate surface area is 858 Å². The summed E-state index contributed by atoms with van der Waals surface area (Å²) in [5.41, 5.74) is 48.0. The standard InChI is InChI=1S/C136H178N2O4/c1-37-41-45-91-103-111(129(21,22)71-121(103,5)6)97(112-104(91)122(7,8)72-130(112,23)24)79-49-57-83(58-50-79)137(84-59-51-80(52-60-84)98-113-105(123(9,10)73-131(113,25)26)92(46-42-38-2)106-114(98)132(27,28)74-124(106,11)12)87-65-67-89(95(139)69-87)101-119(141)102(120(101)142)90-68-66-88(70-96(90)140)138(85-61-53-81(54-62-85)99-115-107(125(13,14)75-133(115,29)30)93(47-43-39-3)108-116(99)134(31,32)76-126(108,15)16)86-63-55-82(56-64-86)100-117-109(127(17,18)77-135(117,33)34)94(48-44-40-4)110-118(100)136(35,36)78-128(110,19)20/h49-70,101-102,119-120,139-142H,37-48,71-78H2,1-36H3. The van der Waals surface area contributed by atoms with Crippen molar-refractivity contribution in [3.8, 4) is 56.0 Å². The van der Waals surface area contributed by atoms with Crippen molar-refractivity contribution < 1.29 is 20.4 Å². The Morgan fingerprint density at radius 1 is 0.211 bits per heavy atom. The summed E-state index contributed by atoms with van der Waals surface area (Å²) in [5, 5.41) is 52.2. The normalized spacial score (nSPS) is 23.4. The van der Waals surface area contributed by atoms with E-state index in [1.54, 1.807) is 66.8 Å². The van der Waals surface area contributed by atoms with Crippen LogP contribution < -0.4 is 9.80 Å². The third-order valence-corrected chi connectivity index (χ3v) is 37.8. The number of hydrogen-bond acceptors (Lipinski definition) is 6. The van der Waals surface area contributed by atoms with Crippen LogP contribution >= 0.6 is 0 Å². The maximum absolute atomic E-state index is 13.1. The highest BCUT2D eigenvalue weighted by atomic mass is 16.3. The van der Waals surface area contributed by atoms with Gasteiger partial charge in [-0.1, -0.05) is 336 Å². The van der Waals surface area contributed by atoms with E-state index in [9.17, 15) is 20.4 Å². The molecule has 0 saturated heterocycles. The van der Waals surface area contributed by atoms with Gasteiger partial charge in [0.2, 0.25) is 0 Å². The maximum Gasteiger partial charge on any atom is 0.121 e. The predicted octanol–water partition coefficient (Wildman–Crippen LogP) is 36.3. The highest BCUT2D eigenvalue weighted by Crippen LogP contribution is 2.70. The highest BCUT2D eigenvalue weighted by molar-refractivity contribution is 5.91. The molecule has 0 atom stereocenters. The fourth-order valence-electron chi connectivity index (χ4n) is 35.8. The van der Waals surface area contributed by atoms with Crippen LogP contribution in [-0.4, -0.2) is 32.6 Å². The van der Waals surface area contributed by atoms with E-state index in [0.717, 1.165) is 137 Å². The zero-order valence-corrected chi connectivity index (χ0v) is 94.8. The van der Waals surface area contributed by atoms with E-state index >= 15 is 0 Å². The topological polar surface area (TPSA) is 87.4 Å². The SMILES string of the molecule is CCCCc1c2c(c(-c3ccc(N(c4ccc(-c5c6c(c(CCCC)c7c5C(C)(C)CC7(C)C)C(C)(C)CC6(C)C)cc4)c4ccc(C5C(O)C(c6ccc(N(c7ccc(-c8c9c(c(CCCC)c%10c8C(C)(C)CC%10(C)C)C(C)(C)CC9(C)C)cc7)c7ccc(-c8c9c(c(CCCC)c%10c8C(C)(C)CC%10(C)C)C(C)(C)CC9(C)C)cc7)cc6O)C5O)c(O)c4)cc3)c3c1C(C)(C)CC3(C)C)C(C)(C)CC2(C)C. The first-order valence-electron chi connectivity index (χ1n) is 55.9. The second-order valence-corrected chi connectivity index (χ2v) is 57.8. The summed E-state index contributed by atoms with van der Waals surface area (Å²) in [7, 11) is 0. The number of aliphatic hydroxyl groups excluding tert-OH is 2. The largest absolute Gasteiger partial charge is 0.508 e. The average Bonchev–Trinajstić information content (AvgIpc) is 1.53. The van der Waals surface area contributed by atoms with Gasteiger partial charge in [0.1, 0.15) is 11.5 Å². The van der Waals surface area contributed by atoms with Crippen LogP contribution in [0, 0.1) is 0 Å². The lowest BCUT2D eigenvalue weighted by Gasteiger charge is -2.47. The Morgan fingerprint density at radius 3 is 0.507 bits per heavy atom. The molecule has 0 bridgehead atoms. The van der Waals surface area contributed by atoms with Crippen molar-refractivity contribution in [2.45, 2.75) is 488 Å². The average molecular weight is 1900 g/mol. The van der Waals surface area contributed by atoms with Gasteiger partial charge in [-0.05, 0) is 406 Å². The number of aliphatic hydroxyl groups is 2. The Morgan fingerprint density at radius 2 is 0.359 bits per heavy atom. The lowest BCUT2D eigenvalue weighted by Crippen LogP contribution is -2.51. The quantitative estimate of drug-likeness (QED) is 0.0482. The lowest BCUT2D eigenvalue weighted by molar-refractivity contribution is -0.0797. The molecule has 0 amide bonds. The fraction of sp³-hybridized carbons (Fsp3) is 0.559. The molecule has 142 heavy (non-hydrogen) atoms. The third kappa shape index (κ3) is 15.7. The molecule has 6 heteroatoms. The Bertz CT molecular complexity index is 5770. The number of fused-ring (bicyclic) bond motifs is 8. The molecule has 1 fully saturated rings. The first kappa shape index (κ1) is 102. The van der Waals surface area contributed by atoms with Crippen LogP contribution in [0.4, 0.5) is 34.1 Å². The molecule has 0 aliphatic heterocycles. The molecule has 756 valence electrons. The van der Waals surface area contributed by atoms with E-state index in [2.05, 4.69) is 368 Å². The molecule has 0 spiro atoms. The summed E-state index contributed by atoms with van der Waals surface area (Å²) >= 11 is 0. The summed E-state index contributed by atoms with van der Waals surface area (Å²) in [5.74, 6) is -1.72. The van der Waals surface area contributed by atoms with Crippen molar-refractivity contribution >= 4 is 34.1 Å². The minimum atomic E-state index is -1.15. The zero-order valence-electron chi connectivity index (χ0n) is 94.8. The molecule has 9 aliphatic carbocycles. The summed E-state index contributed by atoms with van der Waals surface area (Å²) < 4.78 is 0. The van der Waals surface area contributed by atoms with Crippen molar-refractivity contribution in [1.29, 1.82) is 0 Å². The van der Waals surface area contributed by atoms with Gasteiger partial charge < -0.3 is 30.2 Å². The van der Waals surface area contributed by atoms with Crippen LogP contribution in [0.1, 0.15) is 486 Å². The first-order valence-corrected chi connectivity index (χ1v) is 55.9. The summed E-state index contributed by atoms with van der Waals surface area (Å²) in [6.45, 7) is 89.8. The predicted molar refractivity (Wildman–Crippen MR) is 605 cm³/mol. The molecule has 0 heterocycles. The molecule has 9 aliphatic rings. The van der Waals surface area contributed by atoms with Crippen LogP contribution in [0.3, 0.4) is 0 Å². The Balaban J connectivity index is 0.720. The molecule has 6 nitrogen and oxygen atoms in total. The second kappa shape index (κ2) is 33.4. The van der Waals surface area contributed by atoms with Gasteiger partial charge in [0.25, 0.3) is 0 Å².